The number of halogens is 2. The Bertz CT molecular complexity index is 611. The third kappa shape index (κ3) is 3.68. The molecule has 20 heavy (non-hydrogen) atoms. The van der Waals surface area contributed by atoms with E-state index in [0.717, 1.165) is 27.4 Å². The molecule has 0 unspecified atom stereocenters. The van der Waals surface area contributed by atoms with Gasteiger partial charge in [0, 0.05) is 30.1 Å². The van der Waals surface area contributed by atoms with Crippen molar-refractivity contribution in [3.63, 3.8) is 0 Å². The highest BCUT2D eigenvalue weighted by atomic mass is 79.9. The monoisotopic (exact) mass is 352 g/mol. The van der Waals surface area contributed by atoms with Crippen LogP contribution in [0.1, 0.15) is 11.1 Å². The quantitative estimate of drug-likeness (QED) is 0.823. The lowest BCUT2D eigenvalue weighted by molar-refractivity contribution is 1.10. The van der Waals surface area contributed by atoms with E-state index in [2.05, 4.69) is 51.3 Å². The summed E-state index contributed by atoms with van der Waals surface area (Å²) in [5.41, 5.74) is 4.64. The van der Waals surface area contributed by atoms with Crippen molar-refractivity contribution in [3.05, 3.63) is 57.0 Å². The van der Waals surface area contributed by atoms with Gasteiger partial charge in [-0.1, -0.05) is 39.7 Å². The first-order chi connectivity index (χ1) is 9.47. The SMILES string of the molecule is Cc1ccc(CNc2cc(Cl)ccc2N(C)C)cc1Br. The first kappa shape index (κ1) is 15.2. The van der Waals surface area contributed by atoms with Crippen molar-refractivity contribution >= 4 is 38.9 Å². The summed E-state index contributed by atoms with van der Waals surface area (Å²) in [5, 5.41) is 4.19. The van der Waals surface area contributed by atoms with Gasteiger partial charge in [0.25, 0.3) is 0 Å². The van der Waals surface area contributed by atoms with Crippen molar-refractivity contribution in [3.8, 4) is 0 Å². The summed E-state index contributed by atoms with van der Waals surface area (Å²) in [6, 6.07) is 12.3. The minimum absolute atomic E-state index is 0.739. The zero-order valence-electron chi connectivity index (χ0n) is 11.9. The molecule has 2 rings (SSSR count). The van der Waals surface area contributed by atoms with Crippen LogP contribution in [0.15, 0.2) is 40.9 Å². The van der Waals surface area contributed by atoms with Gasteiger partial charge in [-0.3, -0.25) is 0 Å². The maximum Gasteiger partial charge on any atom is 0.0597 e. The van der Waals surface area contributed by atoms with E-state index in [9.17, 15) is 0 Å². The molecule has 0 aliphatic carbocycles. The topological polar surface area (TPSA) is 15.3 Å². The molecule has 2 aromatic carbocycles. The molecule has 0 radical (unpaired) electrons. The van der Waals surface area contributed by atoms with Gasteiger partial charge in [0.15, 0.2) is 0 Å². The Kier molecular flexibility index (Phi) is 4.95. The third-order valence-electron chi connectivity index (χ3n) is 3.16. The Morgan fingerprint density at radius 2 is 1.90 bits per heavy atom. The molecule has 4 heteroatoms. The van der Waals surface area contributed by atoms with Gasteiger partial charge in [0.2, 0.25) is 0 Å². The van der Waals surface area contributed by atoms with Crippen molar-refractivity contribution in [2.75, 3.05) is 24.3 Å². The normalized spacial score (nSPS) is 10.4. The smallest absolute Gasteiger partial charge is 0.0597 e. The molecule has 0 saturated carbocycles. The number of nitrogens with one attached hydrogen (secondary N) is 1. The summed E-state index contributed by atoms with van der Waals surface area (Å²) in [5.74, 6) is 0. The van der Waals surface area contributed by atoms with Crippen LogP contribution in [0.5, 0.6) is 0 Å². The fourth-order valence-corrected chi connectivity index (χ4v) is 2.58. The summed E-state index contributed by atoms with van der Waals surface area (Å²) in [6.07, 6.45) is 0. The highest BCUT2D eigenvalue weighted by Gasteiger charge is 2.05. The van der Waals surface area contributed by atoms with Crippen LogP contribution in [0.3, 0.4) is 0 Å². The molecular weight excluding hydrogens is 336 g/mol. The number of hydrogen-bond donors (Lipinski definition) is 1. The number of nitrogens with zero attached hydrogens (tertiary/aromatic N) is 1. The Balaban J connectivity index is 2.17. The second kappa shape index (κ2) is 6.51. The molecule has 0 bridgehead atoms. The van der Waals surface area contributed by atoms with E-state index in [1.807, 2.05) is 32.3 Å². The third-order valence-corrected chi connectivity index (χ3v) is 4.25. The van der Waals surface area contributed by atoms with Crippen LogP contribution < -0.4 is 10.2 Å². The maximum absolute atomic E-state index is 6.08. The zero-order valence-corrected chi connectivity index (χ0v) is 14.2. The molecule has 2 aromatic rings. The average Bonchev–Trinajstić information content (AvgIpc) is 2.40. The first-order valence-corrected chi connectivity index (χ1v) is 7.60. The molecule has 2 nitrogen and oxygen atoms in total. The van der Waals surface area contributed by atoms with Gasteiger partial charge in [0.1, 0.15) is 0 Å². The molecule has 0 aliphatic rings. The van der Waals surface area contributed by atoms with Crippen LogP contribution in [-0.4, -0.2) is 14.1 Å². The molecule has 0 aliphatic heterocycles. The van der Waals surface area contributed by atoms with E-state index >= 15 is 0 Å². The number of anilines is 2. The lowest BCUT2D eigenvalue weighted by Crippen LogP contribution is -2.12. The summed E-state index contributed by atoms with van der Waals surface area (Å²) >= 11 is 9.65. The van der Waals surface area contributed by atoms with Crippen molar-refractivity contribution in [1.82, 2.24) is 0 Å². The van der Waals surface area contributed by atoms with E-state index in [-0.39, 0.29) is 0 Å². The highest BCUT2D eigenvalue weighted by molar-refractivity contribution is 9.10. The second-order valence-corrected chi connectivity index (χ2v) is 6.28. The van der Waals surface area contributed by atoms with E-state index in [1.54, 1.807) is 0 Å². The number of benzene rings is 2. The Hall–Kier alpha value is -1.19. The van der Waals surface area contributed by atoms with Gasteiger partial charge in [0.05, 0.1) is 11.4 Å². The lowest BCUT2D eigenvalue weighted by Gasteiger charge is -2.19. The Labute approximate surface area is 133 Å². The molecule has 106 valence electrons. The number of aryl methyl sites for hydroxylation is 1. The fraction of sp³-hybridized carbons (Fsp3) is 0.250. The summed E-state index contributed by atoms with van der Waals surface area (Å²) in [4.78, 5) is 2.07. The minimum Gasteiger partial charge on any atom is -0.379 e. The van der Waals surface area contributed by atoms with Gasteiger partial charge in [-0.25, -0.2) is 0 Å². The average molecular weight is 354 g/mol. The maximum atomic E-state index is 6.08. The van der Waals surface area contributed by atoms with E-state index in [0.29, 0.717) is 0 Å². The molecular formula is C16H18BrClN2. The van der Waals surface area contributed by atoms with Gasteiger partial charge in [-0.15, -0.1) is 0 Å². The van der Waals surface area contributed by atoms with E-state index in [4.69, 9.17) is 11.6 Å². The summed E-state index contributed by atoms with van der Waals surface area (Å²) < 4.78 is 1.13. The molecule has 0 atom stereocenters. The van der Waals surface area contributed by atoms with Crippen LogP contribution in [0.2, 0.25) is 5.02 Å². The fourth-order valence-electron chi connectivity index (χ4n) is 1.98. The molecule has 0 aromatic heterocycles. The van der Waals surface area contributed by atoms with Gasteiger partial charge >= 0.3 is 0 Å². The Morgan fingerprint density at radius 3 is 2.55 bits per heavy atom. The van der Waals surface area contributed by atoms with Crippen LogP contribution in [0.4, 0.5) is 11.4 Å². The van der Waals surface area contributed by atoms with E-state index in [1.165, 1.54) is 11.1 Å². The predicted molar refractivity (Wildman–Crippen MR) is 92.0 cm³/mol. The van der Waals surface area contributed by atoms with Crippen LogP contribution in [0.25, 0.3) is 0 Å². The van der Waals surface area contributed by atoms with Gasteiger partial charge in [-0.2, -0.15) is 0 Å². The highest BCUT2D eigenvalue weighted by Crippen LogP contribution is 2.28. The van der Waals surface area contributed by atoms with E-state index < -0.39 is 0 Å². The van der Waals surface area contributed by atoms with Crippen molar-refractivity contribution in [1.29, 1.82) is 0 Å². The Morgan fingerprint density at radius 1 is 1.15 bits per heavy atom. The van der Waals surface area contributed by atoms with Crippen molar-refractivity contribution < 1.29 is 0 Å². The predicted octanol–water partition coefficient (Wildman–Crippen LogP) is 5.09. The lowest BCUT2D eigenvalue weighted by atomic mass is 10.1. The first-order valence-electron chi connectivity index (χ1n) is 6.43. The van der Waals surface area contributed by atoms with Crippen LogP contribution in [-0.2, 0) is 6.54 Å². The number of hydrogen-bond acceptors (Lipinski definition) is 2. The number of rotatable bonds is 4. The van der Waals surface area contributed by atoms with Crippen molar-refractivity contribution in [2.24, 2.45) is 0 Å². The van der Waals surface area contributed by atoms with Gasteiger partial charge < -0.3 is 10.2 Å². The van der Waals surface area contributed by atoms with Crippen molar-refractivity contribution in [2.45, 2.75) is 13.5 Å². The molecule has 0 saturated heterocycles. The molecule has 0 spiro atoms. The second-order valence-electron chi connectivity index (χ2n) is 4.99. The van der Waals surface area contributed by atoms with Crippen LogP contribution in [0, 0.1) is 6.92 Å². The molecule has 0 fully saturated rings. The zero-order chi connectivity index (χ0) is 14.7. The molecule has 0 amide bonds. The minimum atomic E-state index is 0.739. The van der Waals surface area contributed by atoms with Crippen LogP contribution >= 0.6 is 27.5 Å². The van der Waals surface area contributed by atoms with Gasteiger partial charge in [-0.05, 0) is 42.3 Å². The molecule has 1 N–H and O–H groups in total. The standard InChI is InChI=1S/C16H18BrClN2/c1-11-4-5-12(8-14(11)17)10-19-15-9-13(18)6-7-16(15)20(2)3/h4-9,19H,10H2,1-3H3. The summed E-state index contributed by atoms with van der Waals surface area (Å²) in [7, 11) is 4.05. The summed E-state index contributed by atoms with van der Waals surface area (Å²) in [6.45, 7) is 2.85. The molecule has 0 heterocycles. The largest absolute Gasteiger partial charge is 0.379 e.